The molecule has 174 valence electrons. The molecule has 1 atom stereocenters. The van der Waals surface area contributed by atoms with Crippen LogP contribution >= 0.6 is 0 Å². The van der Waals surface area contributed by atoms with Gasteiger partial charge in [0.1, 0.15) is 17.9 Å². The lowest BCUT2D eigenvalue weighted by molar-refractivity contribution is -0.136. The summed E-state index contributed by atoms with van der Waals surface area (Å²) in [6.07, 6.45) is 2.54. The van der Waals surface area contributed by atoms with E-state index in [-0.39, 0.29) is 23.8 Å². The number of benzene rings is 2. The van der Waals surface area contributed by atoms with Gasteiger partial charge in [-0.15, -0.1) is 0 Å². The van der Waals surface area contributed by atoms with Crippen molar-refractivity contribution in [1.29, 1.82) is 5.26 Å². The van der Waals surface area contributed by atoms with E-state index in [4.69, 9.17) is 5.26 Å². The molecule has 2 saturated heterocycles. The van der Waals surface area contributed by atoms with Crippen LogP contribution in [0, 0.1) is 17.1 Å². The number of hydrogen-bond acceptors (Lipinski definition) is 5. The monoisotopic (exact) mass is 460 g/mol. The minimum absolute atomic E-state index is 0.0754. The summed E-state index contributed by atoms with van der Waals surface area (Å²) in [5.74, 6) is -0.945. The van der Waals surface area contributed by atoms with Crippen molar-refractivity contribution in [3.05, 3.63) is 70.0 Å². The zero-order chi connectivity index (χ0) is 23.8. The van der Waals surface area contributed by atoms with Gasteiger partial charge in [0.25, 0.3) is 5.91 Å². The van der Waals surface area contributed by atoms with E-state index in [0.717, 1.165) is 37.1 Å². The highest BCUT2D eigenvalue weighted by molar-refractivity contribution is 6.05. The van der Waals surface area contributed by atoms with Crippen LogP contribution in [0.4, 0.5) is 4.39 Å². The molecule has 1 N–H and O–H groups in total. The zero-order valence-corrected chi connectivity index (χ0v) is 18.7. The highest BCUT2D eigenvalue weighted by Gasteiger charge is 2.39. The number of nitriles is 1. The van der Waals surface area contributed by atoms with Gasteiger partial charge in [-0.1, -0.05) is 18.2 Å². The first-order valence-electron chi connectivity index (χ1n) is 11.6. The molecule has 34 heavy (non-hydrogen) atoms. The van der Waals surface area contributed by atoms with Gasteiger partial charge >= 0.3 is 0 Å². The zero-order valence-electron chi connectivity index (χ0n) is 18.7. The molecule has 5 rings (SSSR count). The number of fused-ring (bicyclic) bond motifs is 1. The Bertz CT molecular complexity index is 1210. The molecule has 3 aliphatic heterocycles. The predicted molar refractivity (Wildman–Crippen MR) is 121 cm³/mol. The van der Waals surface area contributed by atoms with Crippen LogP contribution in [-0.4, -0.2) is 46.7 Å². The number of likely N-dealkylation sites (tertiary alicyclic amines) is 1. The van der Waals surface area contributed by atoms with Crippen LogP contribution in [0.5, 0.6) is 0 Å². The number of carbonyl (C=O) groups excluding carboxylic acids is 3. The van der Waals surface area contributed by atoms with Gasteiger partial charge in [0.2, 0.25) is 11.8 Å². The number of rotatable bonds is 4. The van der Waals surface area contributed by atoms with E-state index in [9.17, 15) is 18.8 Å². The summed E-state index contributed by atoms with van der Waals surface area (Å²) in [4.78, 5) is 40.5. The van der Waals surface area contributed by atoms with Gasteiger partial charge in [0, 0.05) is 25.1 Å². The van der Waals surface area contributed by atoms with Gasteiger partial charge in [0.05, 0.1) is 5.56 Å². The Hall–Kier alpha value is -3.57. The van der Waals surface area contributed by atoms with Crippen LogP contribution in [0.2, 0.25) is 0 Å². The molecule has 3 heterocycles. The molecule has 2 aromatic carbocycles. The number of carbonyl (C=O) groups is 3. The summed E-state index contributed by atoms with van der Waals surface area (Å²) in [6.45, 7) is 2.85. The van der Waals surface area contributed by atoms with Crippen molar-refractivity contribution in [3.8, 4) is 6.07 Å². The van der Waals surface area contributed by atoms with Crippen molar-refractivity contribution >= 4 is 17.7 Å². The molecule has 0 aliphatic carbocycles. The highest BCUT2D eigenvalue weighted by Crippen LogP contribution is 2.34. The SMILES string of the molecule is N#Cc1cc(CN2CCC(c3ccc4c(c3)CN(C3CCC(=O)NC3=O)C4=O)CC2)ccc1F. The normalized spacial score (nSPS) is 21.4. The Labute approximate surface area is 197 Å². The van der Waals surface area contributed by atoms with Crippen molar-refractivity contribution in [2.24, 2.45) is 0 Å². The topological polar surface area (TPSA) is 93.5 Å². The fourth-order valence-electron chi connectivity index (χ4n) is 5.29. The molecule has 2 fully saturated rings. The third kappa shape index (κ3) is 4.19. The Morgan fingerprint density at radius 3 is 2.59 bits per heavy atom. The smallest absolute Gasteiger partial charge is 0.255 e. The number of nitrogens with zero attached hydrogens (tertiary/aromatic N) is 3. The van der Waals surface area contributed by atoms with Gasteiger partial charge in [0.15, 0.2) is 0 Å². The maximum atomic E-state index is 13.6. The molecule has 0 saturated carbocycles. The molecule has 1 unspecified atom stereocenters. The van der Waals surface area contributed by atoms with Crippen LogP contribution < -0.4 is 5.32 Å². The van der Waals surface area contributed by atoms with Crippen molar-refractivity contribution in [3.63, 3.8) is 0 Å². The summed E-state index contributed by atoms with van der Waals surface area (Å²) in [5.41, 5.74) is 3.78. The summed E-state index contributed by atoms with van der Waals surface area (Å²) >= 11 is 0. The van der Waals surface area contributed by atoms with Crippen molar-refractivity contribution in [2.45, 2.75) is 50.7 Å². The first-order valence-corrected chi connectivity index (χ1v) is 11.6. The van der Waals surface area contributed by atoms with E-state index in [1.807, 2.05) is 18.2 Å². The predicted octanol–water partition coefficient (Wildman–Crippen LogP) is 2.84. The van der Waals surface area contributed by atoms with Gasteiger partial charge in [-0.25, -0.2) is 4.39 Å². The molecule has 3 amide bonds. The fourth-order valence-corrected chi connectivity index (χ4v) is 5.29. The van der Waals surface area contributed by atoms with Crippen LogP contribution in [0.1, 0.15) is 64.2 Å². The van der Waals surface area contributed by atoms with Crippen LogP contribution in [-0.2, 0) is 22.7 Å². The van der Waals surface area contributed by atoms with E-state index < -0.39 is 17.8 Å². The standard InChI is InChI=1S/C26H25FN4O3/c27-22-4-1-16(11-19(22)13-28)14-30-9-7-17(8-10-30)18-2-3-21-20(12-18)15-31(26(21)34)23-5-6-24(32)29-25(23)33/h1-4,11-12,17,23H,5-10,14-15H2,(H,29,32,33). The molecular formula is C26H25FN4O3. The van der Waals surface area contributed by atoms with Gasteiger partial charge < -0.3 is 4.90 Å². The lowest BCUT2D eigenvalue weighted by atomic mass is 9.87. The molecule has 0 spiro atoms. The minimum Gasteiger partial charge on any atom is -0.322 e. The Kier molecular flexibility index (Phi) is 5.88. The molecule has 2 aromatic rings. The van der Waals surface area contributed by atoms with Crippen LogP contribution in [0.3, 0.4) is 0 Å². The number of amides is 3. The third-order valence-corrected chi connectivity index (χ3v) is 7.16. The highest BCUT2D eigenvalue weighted by atomic mass is 19.1. The van der Waals surface area contributed by atoms with Crippen molar-refractivity contribution in [1.82, 2.24) is 15.1 Å². The van der Waals surface area contributed by atoms with Crippen molar-refractivity contribution in [2.75, 3.05) is 13.1 Å². The first-order chi connectivity index (χ1) is 16.4. The minimum atomic E-state index is -0.600. The number of nitrogens with one attached hydrogen (secondary N) is 1. The summed E-state index contributed by atoms with van der Waals surface area (Å²) in [5, 5.41) is 11.4. The van der Waals surface area contributed by atoms with E-state index >= 15 is 0 Å². The molecule has 3 aliphatic rings. The van der Waals surface area contributed by atoms with Crippen LogP contribution in [0.15, 0.2) is 36.4 Å². The van der Waals surface area contributed by atoms with Gasteiger partial charge in [-0.3, -0.25) is 24.6 Å². The maximum Gasteiger partial charge on any atom is 0.255 e. The lowest BCUT2D eigenvalue weighted by Gasteiger charge is -2.32. The van der Waals surface area contributed by atoms with Gasteiger partial charge in [-0.2, -0.15) is 5.26 Å². The molecule has 0 aromatic heterocycles. The quantitative estimate of drug-likeness (QED) is 0.709. The summed E-state index contributed by atoms with van der Waals surface area (Å²) in [6, 6.07) is 12.0. The molecule has 0 radical (unpaired) electrons. The second kappa shape index (κ2) is 8.99. The molecule has 0 bridgehead atoms. The largest absolute Gasteiger partial charge is 0.322 e. The lowest BCUT2D eigenvalue weighted by Crippen LogP contribution is -2.52. The third-order valence-electron chi connectivity index (χ3n) is 7.16. The summed E-state index contributed by atoms with van der Waals surface area (Å²) < 4.78 is 13.6. The molecule has 8 heteroatoms. The second-order valence-electron chi connectivity index (χ2n) is 9.29. The van der Waals surface area contributed by atoms with Crippen molar-refractivity contribution < 1.29 is 18.8 Å². The first kappa shape index (κ1) is 22.2. The van der Waals surface area contributed by atoms with E-state index in [0.29, 0.717) is 31.0 Å². The Balaban J connectivity index is 1.22. The number of piperidine rings is 2. The number of imide groups is 1. The van der Waals surface area contributed by atoms with Crippen LogP contribution in [0.25, 0.3) is 0 Å². The van der Waals surface area contributed by atoms with E-state index in [1.165, 1.54) is 11.6 Å². The second-order valence-corrected chi connectivity index (χ2v) is 9.29. The number of halogens is 1. The van der Waals surface area contributed by atoms with E-state index in [1.54, 1.807) is 17.0 Å². The average molecular weight is 461 g/mol. The Morgan fingerprint density at radius 1 is 1.06 bits per heavy atom. The molecular weight excluding hydrogens is 435 g/mol. The number of hydrogen-bond donors (Lipinski definition) is 1. The Morgan fingerprint density at radius 2 is 1.85 bits per heavy atom. The summed E-state index contributed by atoms with van der Waals surface area (Å²) in [7, 11) is 0. The average Bonchev–Trinajstić information content (AvgIpc) is 3.16. The molecule has 7 nitrogen and oxygen atoms in total. The van der Waals surface area contributed by atoms with Gasteiger partial charge in [-0.05, 0) is 73.2 Å². The fraction of sp³-hybridized carbons (Fsp3) is 0.385. The van der Waals surface area contributed by atoms with E-state index in [2.05, 4.69) is 16.3 Å². The maximum absolute atomic E-state index is 13.6.